The zero-order chi connectivity index (χ0) is 30.7. The molecule has 0 fully saturated rings. The molecule has 0 spiro atoms. The van der Waals surface area contributed by atoms with Crippen LogP contribution >= 0.6 is 0 Å². The molecule has 43 heavy (non-hydrogen) atoms. The molecule has 6 rings (SSSR count). The first-order valence-corrected chi connectivity index (χ1v) is 14.3. The molecule has 2 aliphatic heterocycles. The second-order valence-electron chi connectivity index (χ2n) is 10.0. The van der Waals surface area contributed by atoms with Gasteiger partial charge in [0.2, 0.25) is 0 Å². The van der Waals surface area contributed by atoms with Crippen molar-refractivity contribution < 1.29 is 45.0 Å². The van der Waals surface area contributed by atoms with Gasteiger partial charge in [0.25, 0.3) is 15.9 Å². The number of fused-ring (bicyclic) bond motifs is 2. The van der Waals surface area contributed by atoms with Crippen molar-refractivity contribution in [1.82, 2.24) is 4.90 Å². The molecule has 222 valence electrons. The van der Waals surface area contributed by atoms with E-state index in [2.05, 4.69) is 0 Å². The van der Waals surface area contributed by atoms with Crippen LogP contribution in [0.5, 0.6) is 5.75 Å². The molecule has 0 bridgehead atoms. The van der Waals surface area contributed by atoms with Crippen LogP contribution in [0.2, 0.25) is 0 Å². The van der Waals surface area contributed by atoms with Crippen molar-refractivity contribution in [3.8, 4) is 16.9 Å². The number of aliphatic hydroxyl groups excluding tert-OH is 1. The van der Waals surface area contributed by atoms with Gasteiger partial charge in [-0.05, 0) is 60.2 Å². The summed E-state index contributed by atoms with van der Waals surface area (Å²) in [6.07, 6.45) is -7.22. The van der Waals surface area contributed by atoms with Gasteiger partial charge < -0.3 is 14.7 Å². The molecule has 4 aromatic carbocycles. The maximum absolute atomic E-state index is 14.6. The van der Waals surface area contributed by atoms with Crippen molar-refractivity contribution >= 4 is 21.6 Å². The zero-order valence-corrected chi connectivity index (χ0v) is 22.7. The molecule has 0 saturated carbocycles. The van der Waals surface area contributed by atoms with E-state index in [1.165, 1.54) is 24.3 Å². The SMILES string of the molecule is O=C1c2ccccc2C(O)N1C[C@H]1CN(S(=O)(=O)c2cccc(C(F)(F)F)c2)c2cc(-c3cc(F)ccc3F)ccc2O1. The molecule has 1 unspecified atom stereocenters. The molecule has 0 aliphatic carbocycles. The molecular weight excluding hydrogens is 595 g/mol. The second kappa shape index (κ2) is 10.3. The Morgan fingerprint density at radius 2 is 1.67 bits per heavy atom. The van der Waals surface area contributed by atoms with Gasteiger partial charge in [-0.3, -0.25) is 9.10 Å². The van der Waals surface area contributed by atoms with Gasteiger partial charge in [-0.2, -0.15) is 13.2 Å². The monoisotopic (exact) mass is 616 g/mol. The number of ether oxygens (including phenoxy) is 1. The number of benzene rings is 4. The lowest BCUT2D eigenvalue weighted by molar-refractivity contribution is -0.137. The minimum Gasteiger partial charge on any atom is -0.484 e. The largest absolute Gasteiger partial charge is 0.484 e. The Labute approximate surface area is 242 Å². The third-order valence-electron chi connectivity index (χ3n) is 7.31. The van der Waals surface area contributed by atoms with E-state index in [4.69, 9.17) is 4.74 Å². The van der Waals surface area contributed by atoms with Gasteiger partial charge >= 0.3 is 6.18 Å². The summed E-state index contributed by atoms with van der Waals surface area (Å²) < 4.78 is 104. The third kappa shape index (κ3) is 5.08. The smallest absolute Gasteiger partial charge is 0.416 e. The molecule has 1 N–H and O–H groups in total. The second-order valence-corrected chi connectivity index (χ2v) is 11.9. The Balaban J connectivity index is 1.42. The Bertz CT molecular complexity index is 1860. The average Bonchev–Trinajstić information content (AvgIpc) is 3.22. The molecule has 7 nitrogen and oxygen atoms in total. The first-order valence-electron chi connectivity index (χ1n) is 12.9. The number of nitrogens with zero attached hydrogens (tertiary/aromatic N) is 2. The van der Waals surface area contributed by atoms with Crippen LogP contribution in [0.25, 0.3) is 11.1 Å². The average molecular weight is 617 g/mol. The maximum atomic E-state index is 14.6. The minimum atomic E-state index is -4.82. The van der Waals surface area contributed by atoms with Crippen LogP contribution in [0.3, 0.4) is 0 Å². The standard InChI is InChI=1S/C30H21F5N2O5S/c31-19-9-10-25(32)24(14-19)17-8-11-27-26(12-17)37(43(40,41)21-5-3-4-18(13-21)30(33,34)35)16-20(42-27)15-36-28(38)22-6-1-2-7-23(22)29(36)39/h1-14,20,28,38H,15-16H2/t20-,28?/m0/s1. The van der Waals surface area contributed by atoms with Crippen LogP contribution in [-0.4, -0.2) is 43.5 Å². The van der Waals surface area contributed by atoms with E-state index in [1.54, 1.807) is 18.2 Å². The summed E-state index contributed by atoms with van der Waals surface area (Å²) in [5, 5.41) is 10.8. The summed E-state index contributed by atoms with van der Waals surface area (Å²) in [5.41, 5.74) is -0.781. The Morgan fingerprint density at radius 3 is 2.42 bits per heavy atom. The van der Waals surface area contributed by atoms with E-state index in [0.717, 1.165) is 45.6 Å². The first kappa shape index (κ1) is 28.6. The number of aliphatic hydroxyl groups is 1. The van der Waals surface area contributed by atoms with E-state index in [0.29, 0.717) is 11.6 Å². The number of rotatable bonds is 5. The molecule has 4 aromatic rings. The van der Waals surface area contributed by atoms with E-state index < -0.39 is 63.1 Å². The number of hydrogen-bond acceptors (Lipinski definition) is 5. The van der Waals surface area contributed by atoms with Crippen LogP contribution in [-0.2, 0) is 16.2 Å². The summed E-state index contributed by atoms with van der Waals surface area (Å²) in [4.78, 5) is 13.5. The number of alkyl halides is 3. The number of carbonyl (C=O) groups excluding carboxylic acids is 1. The highest BCUT2D eigenvalue weighted by Crippen LogP contribution is 2.42. The Morgan fingerprint density at radius 1 is 0.907 bits per heavy atom. The number of carbonyl (C=O) groups is 1. The quantitative estimate of drug-likeness (QED) is 0.289. The normalized spacial score (nSPS) is 18.3. The van der Waals surface area contributed by atoms with Gasteiger partial charge in [0.15, 0.2) is 6.23 Å². The summed E-state index contributed by atoms with van der Waals surface area (Å²) in [7, 11) is -4.70. The highest BCUT2D eigenvalue weighted by atomic mass is 32.2. The van der Waals surface area contributed by atoms with Gasteiger partial charge in [0, 0.05) is 16.7 Å². The van der Waals surface area contributed by atoms with Gasteiger partial charge in [0.05, 0.1) is 29.2 Å². The molecule has 2 heterocycles. The van der Waals surface area contributed by atoms with E-state index in [-0.39, 0.29) is 34.7 Å². The summed E-state index contributed by atoms with van der Waals surface area (Å²) >= 11 is 0. The van der Waals surface area contributed by atoms with Crippen molar-refractivity contribution in [2.24, 2.45) is 0 Å². The lowest BCUT2D eigenvalue weighted by Gasteiger charge is -2.37. The van der Waals surface area contributed by atoms with Crippen LogP contribution in [0, 0.1) is 11.6 Å². The lowest BCUT2D eigenvalue weighted by Crippen LogP contribution is -2.49. The molecule has 2 atom stereocenters. The Kier molecular flexibility index (Phi) is 6.89. The molecule has 0 radical (unpaired) electrons. The molecule has 2 aliphatic rings. The topological polar surface area (TPSA) is 87.2 Å². The fourth-order valence-corrected chi connectivity index (χ4v) is 6.78. The van der Waals surface area contributed by atoms with Crippen LogP contribution < -0.4 is 9.04 Å². The van der Waals surface area contributed by atoms with Crippen molar-refractivity contribution in [2.75, 3.05) is 17.4 Å². The molecule has 0 aromatic heterocycles. The molecular formula is C30H21F5N2O5S. The van der Waals surface area contributed by atoms with E-state index in [9.17, 15) is 40.3 Å². The van der Waals surface area contributed by atoms with Crippen molar-refractivity contribution in [3.63, 3.8) is 0 Å². The van der Waals surface area contributed by atoms with Crippen LogP contribution in [0.4, 0.5) is 27.6 Å². The number of anilines is 1. The summed E-state index contributed by atoms with van der Waals surface area (Å²) in [6.45, 7) is -0.753. The van der Waals surface area contributed by atoms with Crippen molar-refractivity contribution in [3.05, 3.63) is 113 Å². The predicted molar refractivity (Wildman–Crippen MR) is 145 cm³/mol. The van der Waals surface area contributed by atoms with E-state index in [1.807, 2.05) is 0 Å². The van der Waals surface area contributed by atoms with E-state index >= 15 is 0 Å². The predicted octanol–water partition coefficient (Wildman–Crippen LogP) is 5.75. The number of sulfonamides is 1. The number of amides is 1. The fraction of sp³-hybridized carbons (Fsp3) is 0.167. The zero-order valence-electron chi connectivity index (χ0n) is 21.9. The van der Waals surface area contributed by atoms with Gasteiger partial charge in [-0.25, -0.2) is 17.2 Å². The summed E-state index contributed by atoms with van der Waals surface area (Å²) in [5.74, 6) is -2.08. The van der Waals surface area contributed by atoms with Crippen LogP contribution in [0.1, 0.15) is 27.7 Å². The van der Waals surface area contributed by atoms with Crippen molar-refractivity contribution in [2.45, 2.75) is 23.4 Å². The third-order valence-corrected chi connectivity index (χ3v) is 9.08. The maximum Gasteiger partial charge on any atom is 0.416 e. The number of halogens is 5. The first-order chi connectivity index (χ1) is 20.3. The highest BCUT2D eigenvalue weighted by molar-refractivity contribution is 7.92. The fourth-order valence-electron chi connectivity index (χ4n) is 5.23. The van der Waals surface area contributed by atoms with Gasteiger partial charge in [-0.15, -0.1) is 0 Å². The van der Waals surface area contributed by atoms with Crippen molar-refractivity contribution in [1.29, 1.82) is 0 Å². The van der Waals surface area contributed by atoms with Gasteiger partial charge in [0.1, 0.15) is 23.5 Å². The Hall–Kier alpha value is -4.49. The minimum absolute atomic E-state index is 0.0361. The van der Waals surface area contributed by atoms with Gasteiger partial charge in [-0.1, -0.05) is 30.3 Å². The number of hydrogen-bond donors (Lipinski definition) is 1. The molecule has 0 saturated heterocycles. The summed E-state index contributed by atoms with van der Waals surface area (Å²) in [6, 6.07) is 16.3. The van der Waals surface area contributed by atoms with Crippen LogP contribution in [0.15, 0.2) is 89.8 Å². The molecule has 13 heteroatoms. The lowest BCUT2D eigenvalue weighted by atomic mass is 10.0. The molecule has 1 amide bonds. The highest BCUT2D eigenvalue weighted by Gasteiger charge is 2.41.